The molecular formula is C20H26N6O3S. The molecule has 0 unspecified atom stereocenters. The Bertz CT molecular complexity index is 988. The topological polar surface area (TPSA) is 128 Å². The van der Waals surface area contributed by atoms with Crippen LogP contribution >= 0.6 is 11.3 Å². The van der Waals surface area contributed by atoms with Gasteiger partial charge in [0.25, 0.3) is 5.91 Å². The molecule has 3 atom stereocenters. The van der Waals surface area contributed by atoms with E-state index in [4.69, 9.17) is 0 Å². The normalized spacial score (nSPS) is 18.1. The predicted molar refractivity (Wildman–Crippen MR) is 112 cm³/mol. The zero-order valence-electron chi connectivity index (χ0n) is 17.3. The lowest BCUT2D eigenvalue weighted by Gasteiger charge is -2.22. The molecule has 3 rings (SSSR count). The van der Waals surface area contributed by atoms with E-state index < -0.39 is 18.0 Å². The van der Waals surface area contributed by atoms with Crippen molar-refractivity contribution in [3.63, 3.8) is 0 Å². The molecule has 160 valence electrons. The highest BCUT2D eigenvalue weighted by molar-refractivity contribution is 7.19. The number of imidazole rings is 1. The number of rotatable bonds is 8. The van der Waals surface area contributed by atoms with Crippen LogP contribution < -0.4 is 16.0 Å². The number of carbonyl (C=O) groups excluding carboxylic acids is 3. The van der Waals surface area contributed by atoms with Gasteiger partial charge in [0.2, 0.25) is 11.8 Å². The summed E-state index contributed by atoms with van der Waals surface area (Å²) in [5, 5.41) is 17.7. The van der Waals surface area contributed by atoms with E-state index in [1.807, 2.05) is 25.2 Å². The van der Waals surface area contributed by atoms with Crippen LogP contribution in [0.25, 0.3) is 4.96 Å². The van der Waals surface area contributed by atoms with E-state index in [2.05, 4.69) is 27.0 Å². The Balaban J connectivity index is 1.69. The first-order valence-corrected chi connectivity index (χ1v) is 10.8. The predicted octanol–water partition coefficient (Wildman–Crippen LogP) is 1.38. The molecule has 9 nitrogen and oxygen atoms in total. The second kappa shape index (κ2) is 9.26. The van der Waals surface area contributed by atoms with Gasteiger partial charge in [-0.3, -0.25) is 18.8 Å². The van der Waals surface area contributed by atoms with Crippen LogP contribution in [0.5, 0.6) is 0 Å². The molecule has 1 aliphatic rings. The van der Waals surface area contributed by atoms with Gasteiger partial charge in [-0.05, 0) is 32.1 Å². The van der Waals surface area contributed by atoms with Crippen molar-refractivity contribution < 1.29 is 14.4 Å². The van der Waals surface area contributed by atoms with Gasteiger partial charge in [-0.25, -0.2) is 4.98 Å². The zero-order chi connectivity index (χ0) is 21.8. The molecule has 0 aliphatic carbocycles. The molecule has 1 saturated heterocycles. The van der Waals surface area contributed by atoms with Gasteiger partial charge in [-0.15, -0.1) is 0 Å². The minimum atomic E-state index is -0.787. The van der Waals surface area contributed by atoms with Crippen LogP contribution in [0, 0.1) is 30.1 Å². The summed E-state index contributed by atoms with van der Waals surface area (Å²) in [5.41, 5.74) is 0.760. The van der Waals surface area contributed by atoms with Crippen molar-refractivity contribution >= 4 is 34.0 Å². The van der Waals surface area contributed by atoms with E-state index in [0.29, 0.717) is 29.2 Å². The number of aromatic nitrogens is 2. The third-order valence-electron chi connectivity index (χ3n) is 5.18. The van der Waals surface area contributed by atoms with E-state index in [1.54, 1.807) is 12.4 Å². The van der Waals surface area contributed by atoms with Crippen molar-refractivity contribution in [1.29, 1.82) is 5.26 Å². The fourth-order valence-corrected chi connectivity index (χ4v) is 4.59. The summed E-state index contributed by atoms with van der Waals surface area (Å²) < 4.78 is 1.83. The monoisotopic (exact) mass is 430 g/mol. The highest BCUT2D eigenvalue weighted by Gasteiger charge is 2.30. The quantitative estimate of drug-likeness (QED) is 0.583. The van der Waals surface area contributed by atoms with Crippen LogP contribution in [0.2, 0.25) is 0 Å². The standard InChI is InChI=1S/C20H26N6O3S/c1-11(2)8-15(18(28)24-14(10-21)9-13-4-5-22-17(13)27)25-19(29)16-12(3)26-7-6-23-20(26)30-16/h6-7,11,13-15H,4-5,8-9H2,1-3H3,(H,22,27)(H,24,28)(H,25,29)/t13-,14-,15-/m0/s1. The van der Waals surface area contributed by atoms with Crippen LogP contribution in [0.4, 0.5) is 0 Å². The fraction of sp³-hybridized carbons (Fsp3) is 0.550. The molecule has 1 fully saturated rings. The van der Waals surface area contributed by atoms with Crippen molar-refractivity contribution in [2.24, 2.45) is 11.8 Å². The SMILES string of the molecule is Cc1c(C(=O)N[C@@H](CC(C)C)C(=O)N[C@H](C#N)C[C@@H]2CCNC2=O)sc2nccn12. The minimum absolute atomic E-state index is 0.0882. The van der Waals surface area contributed by atoms with Crippen LogP contribution in [-0.2, 0) is 9.59 Å². The lowest BCUT2D eigenvalue weighted by Crippen LogP contribution is -2.50. The molecule has 30 heavy (non-hydrogen) atoms. The minimum Gasteiger partial charge on any atom is -0.356 e. The highest BCUT2D eigenvalue weighted by Crippen LogP contribution is 2.22. The Morgan fingerprint density at radius 1 is 1.43 bits per heavy atom. The summed E-state index contributed by atoms with van der Waals surface area (Å²) in [7, 11) is 0. The van der Waals surface area contributed by atoms with Gasteiger partial charge >= 0.3 is 0 Å². The average Bonchev–Trinajstić information content (AvgIpc) is 3.39. The fourth-order valence-electron chi connectivity index (χ4n) is 3.60. The van der Waals surface area contributed by atoms with E-state index in [0.717, 1.165) is 5.69 Å². The largest absolute Gasteiger partial charge is 0.356 e. The maximum atomic E-state index is 12.9. The molecule has 3 amide bonds. The van der Waals surface area contributed by atoms with Gasteiger partial charge in [-0.1, -0.05) is 25.2 Å². The molecule has 3 N–H and O–H groups in total. The number of amides is 3. The Hall–Kier alpha value is -2.93. The van der Waals surface area contributed by atoms with E-state index in [1.165, 1.54) is 11.3 Å². The maximum absolute atomic E-state index is 12.9. The molecule has 0 radical (unpaired) electrons. The first-order chi connectivity index (χ1) is 14.3. The molecule has 0 saturated carbocycles. The number of fused-ring (bicyclic) bond motifs is 1. The van der Waals surface area contributed by atoms with Gasteiger partial charge in [0.15, 0.2) is 4.96 Å². The first kappa shape index (κ1) is 21.8. The van der Waals surface area contributed by atoms with Gasteiger partial charge < -0.3 is 16.0 Å². The van der Waals surface area contributed by atoms with Crippen LogP contribution in [-0.4, -0.2) is 45.7 Å². The molecule has 10 heteroatoms. The number of thiazole rings is 1. The number of carbonyl (C=O) groups is 3. The van der Waals surface area contributed by atoms with Crippen LogP contribution in [0.1, 0.15) is 48.5 Å². The molecule has 1 aliphatic heterocycles. The number of aryl methyl sites for hydroxylation is 1. The van der Waals surface area contributed by atoms with Crippen LogP contribution in [0.15, 0.2) is 12.4 Å². The van der Waals surface area contributed by atoms with Crippen molar-refractivity contribution in [3.8, 4) is 6.07 Å². The third-order valence-corrected chi connectivity index (χ3v) is 6.35. The Morgan fingerprint density at radius 2 is 2.20 bits per heavy atom. The van der Waals surface area contributed by atoms with Crippen molar-refractivity contribution in [2.45, 2.75) is 52.1 Å². The Labute approximate surface area is 178 Å². The number of hydrogen-bond acceptors (Lipinski definition) is 6. The summed E-state index contributed by atoms with van der Waals surface area (Å²) in [6.45, 7) is 6.34. The number of nitriles is 1. The molecule has 0 aromatic carbocycles. The molecule has 0 bridgehead atoms. The lowest BCUT2D eigenvalue weighted by molar-refractivity contribution is -0.125. The summed E-state index contributed by atoms with van der Waals surface area (Å²) in [5.74, 6) is -0.967. The second-order valence-electron chi connectivity index (χ2n) is 7.95. The lowest BCUT2D eigenvalue weighted by atomic mass is 9.98. The Morgan fingerprint density at radius 3 is 2.80 bits per heavy atom. The smallest absolute Gasteiger partial charge is 0.263 e. The van der Waals surface area contributed by atoms with Gasteiger partial charge in [-0.2, -0.15) is 5.26 Å². The van der Waals surface area contributed by atoms with E-state index >= 15 is 0 Å². The molecule has 2 aromatic rings. The zero-order valence-corrected chi connectivity index (χ0v) is 18.1. The maximum Gasteiger partial charge on any atom is 0.263 e. The van der Waals surface area contributed by atoms with Gasteiger partial charge in [0, 0.05) is 30.6 Å². The highest BCUT2D eigenvalue weighted by atomic mass is 32.1. The van der Waals surface area contributed by atoms with Crippen molar-refractivity contribution in [1.82, 2.24) is 25.3 Å². The summed E-state index contributed by atoms with van der Waals surface area (Å²) in [6, 6.07) is 0.497. The molecular weight excluding hydrogens is 404 g/mol. The summed E-state index contributed by atoms with van der Waals surface area (Å²) >= 11 is 1.26. The number of hydrogen-bond donors (Lipinski definition) is 3. The second-order valence-corrected chi connectivity index (χ2v) is 8.93. The third kappa shape index (κ3) is 4.79. The average molecular weight is 431 g/mol. The molecule has 2 aromatic heterocycles. The number of nitrogens with one attached hydrogen (secondary N) is 3. The first-order valence-electron chi connectivity index (χ1n) is 10.0. The van der Waals surface area contributed by atoms with Gasteiger partial charge in [0.05, 0.1) is 6.07 Å². The van der Waals surface area contributed by atoms with Crippen molar-refractivity contribution in [2.75, 3.05) is 6.54 Å². The van der Waals surface area contributed by atoms with Crippen LogP contribution in [0.3, 0.4) is 0 Å². The Kier molecular flexibility index (Phi) is 6.72. The molecule has 3 heterocycles. The van der Waals surface area contributed by atoms with E-state index in [9.17, 15) is 19.6 Å². The van der Waals surface area contributed by atoms with Crippen molar-refractivity contribution in [3.05, 3.63) is 23.0 Å². The number of nitrogens with zero attached hydrogens (tertiary/aromatic N) is 3. The van der Waals surface area contributed by atoms with E-state index in [-0.39, 0.29) is 30.1 Å². The molecule has 0 spiro atoms. The summed E-state index contributed by atoms with van der Waals surface area (Å²) in [4.78, 5) is 42.9. The van der Waals surface area contributed by atoms with Gasteiger partial charge in [0.1, 0.15) is 17.0 Å². The summed E-state index contributed by atoms with van der Waals surface area (Å²) in [6.07, 6.45) is 4.80.